The Morgan fingerprint density at radius 2 is 1.80 bits per heavy atom. The van der Waals surface area contributed by atoms with E-state index in [0.29, 0.717) is 24.1 Å². The molecule has 110 valence electrons. The van der Waals surface area contributed by atoms with E-state index in [9.17, 15) is 14.7 Å². The first-order valence-corrected chi connectivity index (χ1v) is 6.72. The fourth-order valence-electron chi connectivity index (χ4n) is 1.98. The Labute approximate surface area is 119 Å². The minimum absolute atomic E-state index is 0.195. The van der Waals surface area contributed by atoms with Crippen molar-refractivity contribution >= 4 is 11.8 Å². The van der Waals surface area contributed by atoms with Gasteiger partial charge in [0.25, 0.3) is 11.8 Å². The van der Waals surface area contributed by atoms with Crippen LogP contribution in [0.5, 0.6) is 0 Å². The van der Waals surface area contributed by atoms with Gasteiger partial charge < -0.3 is 15.7 Å². The van der Waals surface area contributed by atoms with Gasteiger partial charge in [-0.1, -0.05) is 13.0 Å². The number of carbonyl (C=O) groups excluding carboxylic acids is 2. The van der Waals surface area contributed by atoms with Crippen LogP contribution in [0.3, 0.4) is 0 Å². The van der Waals surface area contributed by atoms with Crippen LogP contribution < -0.4 is 10.6 Å². The monoisotopic (exact) mass is 278 g/mol. The number of carbonyl (C=O) groups is 2. The molecule has 0 bridgehead atoms. The summed E-state index contributed by atoms with van der Waals surface area (Å²) >= 11 is 0. The van der Waals surface area contributed by atoms with Crippen LogP contribution in [-0.2, 0) is 0 Å². The van der Waals surface area contributed by atoms with Crippen LogP contribution in [0.25, 0.3) is 0 Å². The van der Waals surface area contributed by atoms with E-state index in [1.165, 1.54) is 0 Å². The van der Waals surface area contributed by atoms with Gasteiger partial charge in [0.2, 0.25) is 0 Å². The van der Waals surface area contributed by atoms with Gasteiger partial charge in [-0.15, -0.1) is 0 Å². The topological polar surface area (TPSA) is 78.4 Å². The smallest absolute Gasteiger partial charge is 0.251 e. The summed E-state index contributed by atoms with van der Waals surface area (Å²) in [7, 11) is 1.55. The maximum Gasteiger partial charge on any atom is 0.251 e. The molecule has 3 N–H and O–H groups in total. The summed E-state index contributed by atoms with van der Waals surface area (Å²) in [5, 5.41) is 14.6. The van der Waals surface area contributed by atoms with Gasteiger partial charge in [-0.25, -0.2) is 0 Å². The summed E-state index contributed by atoms with van der Waals surface area (Å²) in [4.78, 5) is 23.5. The van der Waals surface area contributed by atoms with E-state index in [4.69, 9.17) is 0 Å². The van der Waals surface area contributed by atoms with Crippen molar-refractivity contribution in [1.29, 1.82) is 0 Å². The first-order chi connectivity index (χ1) is 9.43. The van der Waals surface area contributed by atoms with E-state index >= 15 is 0 Å². The van der Waals surface area contributed by atoms with Gasteiger partial charge in [-0.05, 0) is 37.5 Å². The quantitative estimate of drug-likeness (QED) is 0.731. The van der Waals surface area contributed by atoms with Gasteiger partial charge >= 0.3 is 0 Å². The van der Waals surface area contributed by atoms with Crippen LogP contribution in [0, 0.1) is 5.92 Å². The highest BCUT2D eigenvalue weighted by molar-refractivity contribution is 5.99. The molecule has 2 atom stereocenters. The SMILES string of the molecule is CNC(=O)c1cccc(C(=O)NCC(C)CC(C)O)c1. The molecule has 0 saturated carbocycles. The molecule has 0 aliphatic rings. The molecule has 20 heavy (non-hydrogen) atoms. The average molecular weight is 278 g/mol. The molecule has 0 aromatic heterocycles. The normalized spacial score (nSPS) is 13.4. The van der Waals surface area contributed by atoms with Gasteiger partial charge in [-0.2, -0.15) is 0 Å². The zero-order valence-electron chi connectivity index (χ0n) is 12.1. The largest absolute Gasteiger partial charge is 0.393 e. The minimum atomic E-state index is -0.376. The molecule has 0 fully saturated rings. The summed E-state index contributed by atoms with van der Waals surface area (Å²) < 4.78 is 0. The van der Waals surface area contributed by atoms with Crippen molar-refractivity contribution in [2.75, 3.05) is 13.6 Å². The molecule has 1 aromatic rings. The third kappa shape index (κ3) is 5.01. The number of hydrogen-bond donors (Lipinski definition) is 3. The molecule has 1 rings (SSSR count). The second kappa shape index (κ2) is 7.65. The van der Waals surface area contributed by atoms with Gasteiger partial charge in [0.1, 0.15) is 0 Å². The second-order valence-corrected chi connectivity index (χ2v) is 5.06. The lowest BCUT2D eigenvalue weighted by Crippen LogP contribution is -2.29. The number of aliphatic hydroxyl groups excluding tert-OH is 1. The Kier molecular flexibility index (Phi) is 6.18. The van der Waals surface area contributed by atoms with Crippen LogP contribution in [0.1, 0.15) is 41.0 Å². The van der Waals surface area contributed by atoms with Crippen molar-refractivity contribution in [3.8, 4) is 0 Å². The summed E-state index contributed by atoms with van der Waals surface area (Å²) in [6.07, 6.45) is 0.261. The highest BCUT2D eigenvalue weighted by Crippen LogP contribution is 2.07. The Morgan fingerprint density at radius 1 is 1.20 bits per heavy atom. The Balaban J connectivity index is 2.61. The number of hydrogen-bond acceptors (Lipinski definition) is 3. The molecule has 0 radical (unpaired) electrons. The molecule has 2 amide bonds. The number of nitrogens with one attached hydrogen (secondary N) is 2. The third-order valence-corrected chi connectivity index (χ3v) is 2.97. The van der Waals surface area contributed by atoms with Crippen molar-refractivity contribution in [3.05, 3.63) is 35.4 Å². The first-order valence-electron chi connectivity index (χ1n) is 6.72. The Morgan fingerprint density at radius 3 is 2.35 bits per heavy atom. The molecule has 1 aromatic carbocycles. The predicted molar refractivity (Wildman–Crippen MR) is 77.6 cm³/mol. The van der Waals surface area contributed by atoms with E-state index in [2.05, 4.69) is 10.6 Å². The van der Waals surface area contributed by atoms with Gasteiger partial charge in [0.15, 0.2) is 0 Å². The molecule has 0 aliphatic carbocycles. The fraction of sp³-hybridized carbons (Fsp3) is 0.467. The zero-order chi connectivity index (χ0) is 15.1. The van der Waals surface area contributed by atoms with Crippen molar-refractivity contribution in [2.45, 2.75) is 26.4 Å². The third-order valence-electron chi connectivity index (χ3n) is 2.97. The summed E-state index contributed by atoms with van der Waals surface area (Å²) in [6, 6.07) is 6.57. The maximum absolute atomic E-state index is 12.0. The molecular formula is C15H22N2O3. The van der Waals surface area contributed by atoms with E-state index in [1.54, 1.807) is 38.2 Å². The summed E-state index contributed by atoms with van der Waals surface area (Å²) in [5.74, 6) is -0.239. The van der Waals surface area contributed by atoms with E-state index < -0.39 is 0 Å². The van der Waals surface area contributed by atoms with Crippen LogP contribution in [-0.4, -0.2) is 36.6 Å². The standard InChI is InChI=1S/C15H22N2O3/c1-10(7-11(2)18)9-17-15(20)13-6-4-5-12(8-13)14(19)16-3/h4-6,8,10-11,18H,7,9H2,1-3H3,(H,16,19)(H,17,20). The lowest BCUT2D eigenvalue weighted by Gasteiger charge is -2.14. The Bertz CT molecular complexity index is 472. The molecular weight excluding hydrogens is 256 g/mol. The molecule has 0 spiro atoms. The first kappa shape index (κ1) is 16.2. The van der Waals surface area contributed by atoms with Gasteiger partial charge in [0.05, 0.1) is 6.10 Å². The van der Waals surface area contributed by atoms with Crippen molar-refractivity contribution in [1.82, 2.24) is 10.6 Å². The van der Waals surface area contributed by atoms with Gasteiger partial charge in [0, 0.05) is 24.7 Å². The van der Waals surface area contributed by atoms with Crippen molar-refractivity contribution in [2.24, 2.45) is 5.92 Å². The van der Waals surface area contributed by atoms with Crippen LogP contribution in [0.2, 0.25) is 0 Å². The van der Waals surface area contributed by atoms with Crippen LogP contribution in [0.15, 0.2) is 24.3 Å². The molecule has 0 aliphatic heterocycles. The molecule has 5 nitrogen and oxygen atoms in total. The lowest BCUT2D eigenvalue weighted by atomic mass is 10.0. The molecule has 0 saturated heterocycles. The lowest BCUT2D eigenvalue weighted by molar-refractivity contribution is 0.0939. The van der Waals surface area contributed by atoms with E-state index in [-0.39, 0.29) is 23.8 Å². The van der Waals surface area contributed by atoms with E-state index in [0.717, 1.165) is 0 Å². The van der Waals surface area contributed by atoms with Gasteiger partial charge in [-0.3, -0.25) is 9.59 Å². The Hall–Kier alpha value is -1.88. The zero-order valence-corrected chi connectivity index (χ0v) is 12.1. The molecule has 0 heterocycles. The molecule has 2 unspecified atom stereocenters. The number of amides is 2. The average Bonchev–Trinajstić information content (AvgIpc) is 2.43. The highest BCUT2D eigenvalue weighted by atomic mass is 16.3. The van der Waals surface area contributed by atoms with Crippen LogP contribution in [0.4, 0.5) is 0 Å². The minimum Gasteiger partial charge on any atom is -0.393 e. The van der Waals surface area contributed by atoms with Crippen molar-refractivity contribution in [3.63, 3.8) is 0 Å². The van der Waals surface area contributed by atoms with Crippen LogP contribution >= 0.6 is 0 Å². The predicted octanol–water partition coefficient (Wildman–Crippen LogP) is 1.18. The molecule has 5 heteroatoms. The highest BCUT2D eigenvalue weighted by Gasteiger charge is 2.11. The number of rotatable bonds is 6. The summed E-state index contributed by atoms with van der Waals surface area (Å²) in [6.45, 7) is 4.19. The fourth-order valence-corrected chi connectivity index (χ4v) is 1.98. The van der Waals surface area contributed by atoms with E-state index in [1.807, 2.05) is 6.92 Å². The number of aliphatic hydroxyl groups is 1. The maximum atomic E-state index is 12.0. The second-order valence-electron chi connectivity index (χ2n) is 5.06. The van der Waals surface area contributed by atoms with Crippen molar-refractivity contribution < 1.29 is 14.7 Å². The number of benzene rings is 1. The summed E-state index contributed by atoms with van der Waals surface area (Å²) in [5.41, 5.74) is 0.910.